The van der Waals surface area contributed by atoms with Gasteiger partial charge in [0, 0.05) is 30.8 Å². The van der Waals surface area contributed by atoms with E-state index < -0.39 is 17.6 Å². The lowest BCUT2D eigenvalue weighted by atomic mass is 10.1. The van der Waals surface area contributed by atoms with Gasteiger partial charge in [0.05, 0.1) is 12.1 Å². The number of halogens is 3. The second-order valence-electron chi connectivity index (χ2n) is 5.88. The van der Waals surface area contributed by atoms with E-state index in [2.05, 4.69) is 10.4 Å². The van der Waals surface area contributed by atoms with Gasteiger partial charge in [-0.2, -0.15) is 18.3 Å². The molecule has 0 aliphatic heterocycles. The number of benzene rings is 1. The van der Waals surface area contributed by atoms with Gasteiger partial charge >= 0.3 is 6.18 Å². The van der Waals surface area contributed by atoms with E-state index >= 15 is 0 Å². The summed E-state index contributed by atoms with van der Waals surface area (Å²) in [6, 6.07) is 10.0. The monoisotopic (exact) mass is 378 g/mol. The number of primary amides is 1. The van der Waals surface area contributed by atoms with Crippen LogP contribution in [0.1, 0.15) is 17.7 Å². The van der Waals surface area contributed by atoms with Gasteiger partial charge in [-0.1, -0.05) is 12.1 Å². The summed E-state index contributed by atoms with van der Waals surface area (Å²) in [6.07, 6.45) is -2.50. The first-order chi connectivity index (χ1) is 12.8. The van der Waals surface area contributed by atoms with Crippen LogP contribution >= 0.6 is 0 Å². The minimum absolute atomic E-state index is 0.194. The number of alkyl halides is 3. The number of aryl methyl sites for hydroxylation is 1. The molecule has 9 heteroatoms. The zero-order valence-electron chi connectivity index (χ0n) is 14.2. The molecular weight excluding hydrogens is 361 g/mol. The second kappa shape index (κ2) is 7.56. The normalized spacial score (nSPS) is 11.5. The standard InChI is InChI=1S/C18H17F3N4O2/c19-18(20,21)13-3-1-2-12(10-13)15-5-4-14(27-15)11-23-17-7-9-25(24-17)8-6-16(22)26/h1-5,7,9-10H,6,8,11H2,(H2,22,26)(H,23,24). The fourth-order valence-corrected chi connectivity index (χ4v) is 2.46. The molecule has 0 fully saturated rings. The van der Waals surface area contributed by atoms with Crippen LogP contribution in [0.15, 0.2) is 53.1 Å². The molecule has 3 aromatic rings. The fourth-order valence-electron chi connectivity index (χ4n) is 2.46. The van der Waals surface area contributed by atoms with Crippen molar-refractivity contribution < 1.29 is 22.4 Å². The van der Waals surface area contributed by atoms with E-state index in [1.165, 1.54) is 6.07 Å². The summed E-state index contributed by atoms with van der Waals surface area (Å²) in [5, 5.41) is 7.28. The van der Waals surface area contributed by atoms with Gasteiger partial charge in [-0.05, 0) is 24.3 Å². The van der Waals surface area contributed by atoms with Crippen LogP contribution in [-0.2, 0) is 24.1 Å². The van der Waals surface area contributed by atoms with E-state index in [4.69, 9.17) is 10.2 Å². The molecule has 0 saturated heterocycles. The summed E-state index contributed by atoms with van der Waals surface area (Å²) in [4.78, 5) is 10.8. The Balaban J connectivity index is 1.63. The predicted molar refractivity (Wildman–Crippen MR) is 92.5 cm³/mol. The van der Waals surface area contributed by atoms with Crippen molar-refractivity contribution in [2.24, 2.45) is 5.73 Å². The van der Waals surface area contributed by atoms with Crippen molar-refractivity contribution in [1.29, 1.82) is 0 Å². The Labute approximate surface area is 152 Å². The minimum atomic E-state index is -4.40. The van der Waals surface area contributed by atoms with E-state index in [0.29, 0.717) is 36.0 Å². The number of hydrogen-bond donors (Lipinski definition) is 2. The van der Waals surface area contributed by atoms with Crippen molar-refractivity contribution in [1.82, 2.24) is 9.78 Å². The predicted octanol–water partition coefficient (Wildman–Crippen LogP) is 3.65. The van der Waals surface area contributed by atoms with Crippen LogP contribution in [0.2, 0.25) is 0 Å². The van der Waals surface area contributed by atoms with Crippen LogP contribution in [0.3, 0.4) is 0 Å². The maximum Gasteiger partial charge on any atom is 0.416 e. The fraction of sp³-hybridized carbons (Fsp3) is 0.222. The van der Waals surface area contributed by atoms with Gasteiger partial charge in [0.1, 0.15) is 17.3 Å². The molecule has 0 atom stereocenters. The number of nitrogens with zero attached hydrogens (tertiary/aromatic N) is 2. The molecule has 0 bridgehead atoms. The molecule has 3 N–H and O–H groups in total. The Morgan fingerprint density at radius 1 is 1.22 bits per heavy atom. The molecule has 0 saturated carbocycles. The Hall–Kier alpha value is -3.23. The lowest BCUT2D eigenvalue weighted by Crippen LogP contribution is -2.14. The van der Waals surface area contributed by atoms with Crippen LogP contribution in [0.5, 0.6) is 0 Å². The first-order valence-corrected chi connectivity index (χ1v) is 8.13. The third-order valence-electron chi connectivity index (χ3n) is 3.81. The summed E-state index contributed by atoms with van der Waals surface area (Å²) in [5.74, 6) is 1.08. The van der Waals surface area contributed by atoms with Gasteiger partial charge in [-0.15, -0.1) is 0 Å². The third kappa shape index (κ3) is 4.90. The average molecular weight is 378 g/mol. The maximum absolute atomic E-state index is 12.8. The van der Waals surface area contributed by atoms with Gasteiger partial charge in [-0.3, -0.25) is 9.48 Å². The van der Waals surface area contributed by atoms with Gasteiger partial charge in [-0.25, -0.2) is 0 Å². The summed E-state index contributed by atoms with van der Waals surface area (Å²) >= 11 is 0. The van der Waals surface area contributed by atoms with Crippen molar-refractivity contribution in [3.05, 3.63) is 60.0 Å². The van der Waals surface area contributed by atoms with E-state index in [1.807, 2.05) is 0 Å². The van der Waals surface area contributed by atoms with Crippen LogP contribution in [0.4, 0.5) is 19.0 Å². The highest BCUT2D eigenvalue weighted by Gasteiger charge is 2.30. The summed E-state index contributed by atoms with van der Waals surface area (Å²) in [6.45, 7) is 0.698. The number of amides is 1. The topological polar surface area (TPSA) is 86.1 Å². The molecule has 2 heterocycles. The van der Waals surface area contributed by atoms with Gasteiger partial charge in [0.25, 0.3) is 0 Å². The molecule has 142 valence electrons. The summed E-state index contributed by atoms with van der Waals surface area (Å²) < 4.78 is 45.7. The van der Waals surface area contributed by atoms with Gasteiger partial charge in [0.15, 0.2) is 0 Å². The molecule has 6 nitrogen and oxygen atoms in total. The molecule has 1 amide bonds. The summed E-state index contributed by atoms with van der Waals surface area (Å²) in [7, 11) is 0. The van der Waals surface area contributed by atoms with Crippen molar-refractivity contribution in [2.75, 3.05) is 5.32 Å². The molecule has 27 heavy (non-hydrogen) atoms. The Morgan fingerprint density at radius 2 is 2.04 bits per heavy atom. The molecule has 1 aromatic carbocycles. The second-order valence-corrected chi connectivity index (χ2v) is 5.88. The lowest BCUT2D eigenvalue weighted by molar-refractivity contribution is -0.137. The van der Waals surface area contributed by atoms with Crippen LogP contribution in [0, 0.1) is 0 Å². The SMILES string of the molecule is NC(=O)CCn1ccc(NCc2ccc(-c3cccc(C(F)(F)F)c3)o2)n1. The van der Waals surface area contributed by atoms with Crippen LogP contribution in [-0.4, -0.2) is 15.7 Å². The summed E-state index contributed by atoms with van der Waals surface area (Å²) in [5.41, 5.74) is 4.72. The zero-order chi connectivity index (χ0) is 19.4. The van der Waals surface area contributed by atoms with Gasteiger partial charge in [0.2, 0.25) is 5.91 Å². The highest BCUT2D eigenvalue weighted by Crippen LogP contribution is 2.32. The number of carbonyl (C=O) groups excluding carboxylic acids is 1. The number of nitrogens with two attached hydrogens (primary N) is 1. The van der Waals surface area contributed by atoms with Crippen molar-refractivity contribution in [3.63, 3.8) is 0 Å². The largest absolute Gasteiger partial charge is 0.459 e. The number of hydrogen-bond acceptors (Lipinski definition) is 4. The number of rotatable bonds is 7. The Bertz CT molecular complexity index is 931. The van der Waals surface area contributed by atoms with Crippen molar-refractivity contribution in [3.8, 4) is 11.3 Å². The van der Waals surface area contributed by atoms with Crippen molar-refractivity contribution in [2.45, 2.75) is 25.7 Å². The Morgan fingerprint density at radius 3 is 2.78 bits per heavy atom. The molecule has 0 aliphatic rings. The number of furan rings is 1. The lowest BCUT2D eigenvalue weighted by Gasteiger charge is -2.07. The molecule has 0 spiro atoms. The van der Waals surface area contributed by atoms with E-state index in [0.717, 1.165) is 12.1 Å². The molecule has 0 unspecified atom stereocenters. The third-order valence-corrected chi connectivity index (χ3v) is 3.81. The highest BCUT2D eigenvalue weighted by atomic mass is 19.4. The highest BCUT2D eigenvalue weighted by molar-refractivity contribution is 5.73. The zero-order valence-corrected chi connectivity index (χ0v) is 14.2. The average Bonchev–Trinajstić information content (AvgIpc) is 3.27. The van der Waals surface area contributed by atoms with E-state index in [9.17, 15) is 18.0 Å². The molecule has 0 radical (unpaired) electrons. The molecule has 3 rings (SSSR count). The van der Waals surface area contributed by atoms with Crippen molar-refractivity contribution >= 4 is 11.7 Å². The quantitative estimate of drug-likeness (QED) is 0.657. The molecular formula is C18H17F3N4O2. The smallest absolute Gasteiger partial charge is 0.416 e. The molecule has 0 aliphatic carbocycles. The number of carbonyl (C=O) groups is 1. The number of nitrogens with one attached hydrogen (secondary N) is 1. The number of anilines is 1. The first-order valence-electron chi connectivity index (χ1n) is 8.13. The molecule has 2 aromatic heterocycles. The number of aromatic nitrogens is 2. The minimum Gasteiger partial charge on any atom is -0.459 e. The Kier molecular flexibility index (Phi) is 5.20. The van der Waals surface area contributed by atoms with E-state index in [-0.39, 0.29) is 6.42 Å². The van der Waals surface area contributed by atoms with Crippen LogP contribution < -0.4 is 11.1 Å². The van der Waals surface area contributed by atoms with E-state index in [1.54, 1.807) is 35.1 Å². The maximum atomic E-state index is 12.8. The van der Waals surface area contributed by atoms with Crippen LogP contribution in [0.25, 0.3) is 11.3 Å². The first kappa shape index (κ1) is 18.6. The van der Waals surface area contributed by atoms with Gasteiger partial charge < -0.3 is 15.5 Å².